The first kappa shape index (κ1) is 20.3. The van der Waals surface area contributed by atoms with E-state index in [1.165, 1.54) is 0 Å². The summed E-state index contributed by atoms with van der Waals surface area (Å²) in [5.41, 5.74) is 0.815. The van der Waals surface area contributed by atoms with Crippen LogP contribution in [0.1, 0.15) is 12.0 Å². The van der Waals surface area contributed by atoms with Gasteiger partial charge in [-0.2, -0.15) is 0 Å². The van der Waals surface area contributed by atoms with Gasteiger partial charge in [-0.25, -0.2) is 0 Å². The second-order valence-electron chi connectivity index (χ2n) is 4.52. The van der Waals surface area contributed by atoms with Crippen LogP contribution in [0.5, 0.6) is 17.2 Å². The molecule has 0 spiro atoms. The van der Waals surface area contributed by atoms with Crippen LogP contribution in [0.25, 0.3) is 0 Å². The van der Waals surface area contributed by atoms with Crippen LogP contribution in [0.3, 0.4) is 0 Å². The summed E-state index contributed by atoms with van der Waals surface area (Å²) in [6.45, 7) is 1.54. The topological polar surface area (TPSA) is 68.8 Å². The van der Waals surface area contributed by atoms with E-state index in [1.807, 2.05) is 7.05 Å². The highest BCUT2D eigenvalue weighted by atomic mass is 35.5. The SMILES string of the molecule is CNCCCNC(=O)Cc1cc(OC)c(OC)c(OC)c1.Cl. The molecule has 1 aromatic rings. The third kappa shape index (κ3) is 5.99. The summed E-state index contributed by atoms with van der Waals surface area (Å²) in [6, 6.07) is 3.57. The van der Waals surface area contributed by atoms with Crippen LogP contribution in [0.2, 0.25) is 0 Å². The van der Waals surface area contributed by atoms with Gasteiger partial charge in [-0.3, -0.25) is 4.79 Å². The number of amides is 1. The molecule has 0 radical (unpaired) electrons. The van der Waals surface area contributed by atoms with Crippen LogP contribution >= 0.6 is 12.4 Å². The molecule has 0 aliphatic carbocycles. The summed E-state index contributed by atoms with van der Waals surface area (Å²) in [5, 5.41) is 5.91. The zero-order chi connectivity index (χ0) is 15.7. The molecule has 0 atom stereocenters. The molecule has 0 heterocycles. The van der Waals surface area contributed by atoms with E-state index in [9.17, 15) is 4.79 Å². The number of carbonyl (C=O) groups excluding carboxylic acids is 1. The largest absolute Gasteiger partial charge is 0.493 e. The molecule has 0 unspecified atom stereocenters. The lowest BCUT2D eigenvalue weighted by Crippen LogP contribution is -2.27. The monoisotopic (exact) mass is 332 g/mol. The zero-order valence-electron chi connectivity index (χ0n) is 13.5. The van der Waals surface area contributed by atoms with Crippen molar-refractivity contribution >= 4 is 18.3 Å². The standard InChI is InChI=1S/C15H24N2O4.ClH/c1-16-6-5-7-17-14(18)10-11-8-12(19-2)15(21-4)13(9-11)20-3;/h8-9,16H,5-7,10H2,1-4H3,(H,17,18);1H. The van der Waals surface area contributed by atoms with Gasteiger partial charge in [0.05, 0.1) is 27.8 Å². The highest BCUT2D eigenvalue weighted by Gasteiger charge is 2.14. The molecule has 0 saturated carbocycles. The Hall–Kier alpha value is -1.66. The van der Waals surface area contributed by atoms with Crippen molar-refractivity contribution in [2.24, 2.45) is 0 Å². The molecular formula is C15H25ClN2O4. The van der Waals surface area contributed by atoms with E-state index >= 15 is 0 Å². The van der Waals surface area contributed by atoms with Crippen molar-refractivity contribution in [1.82, 2.24) is 10.6 Å². The van der Waals surface area contributed by atoms with Gasteiger partial charge in [0.1, 0.15) is 0 Å². The number of halogens is 1. The lowest BCUT2D eigenvalue weighted by atomic mass is 10.1. The number of benzene rings is 1. The zero-order valence-corrected chi connectivity index (χ0v) is 14.3. The van der Waals surface area contributed by atoms with Crippen LogP contribution in [-0.2, 0) is 11.2 Å². The van der Waals surface area contributed by atoms with Gasteiger partial charge in [0.15, 0.2) is 11.5 Å². The molecule has 126 valence electrons. The second kappa shape index (κ2) is 11.0. The van der Waals surface area contributed by atoms with E-state index in [4.69, 9.17) is 14.2 Å². The number of methoxy groups -OCH3 is 3. The van der Waals surface area contributed by atoms with E-state index in [0.29, 0.717) is 23.8 Å². The number of ether oxygens (including phenoxy) is 3. The molecule has 0 fully saturated rings. The Morgan fingerprint density at radius 2 is 1.64 bits per heavy atom. The van der Waals surface area contributed by atoms with Crippen molar-refractivity contribution in [2.75, 3.05) is 41.5 Å². The smallest absolute Gasteiger partial charge is 0.224 e. The highest BCUT2D eigenvalue weighted by molar-refractivity contribution is 5.85. The minimum absolute atomic E-state index is 0. The number of hydrogen-bond acceptors (Lipinski definition) is 5. The van der Waals surface area contributed by atoms with Gasteiger partial charge in [0.2, 0.25) is 11.7 Å². The Morgan fingerprint density at radius 1 is 1.05 bits per heavy atom. The normalized spacial score (nSPS) is 9.64. The predicted molar refractivity (Wildman–Crippen MR) is 88.6 cm³/mol. The van der Waals surface area contributed by atoms with E-state index < -0.39 is 0 Å². The molecular weight excluding hydrogens is 308 g/mol. The molecule has 22 heavy (non-hydrogen) atoms. The van der Waals surface area contributed by atoms with Crippen LogP contribution < -0.4 is 24.8 Å². The molecule has 1 amide bonds. The Labute approximate surface area is 137 Å². The average molecular weight is 333 g/mol. The molecule has 7 heteroatoms. The fourth-order valence-electron chi connectivity index (χ4n) is 1.98. The maximum Gasteiger partial charge on any atom is 0.224 e. The van der Waals surface area contributed by atoms with Crippen molar-refractivity contribution in [3.8, 4) is 17.2 Å². The van der Waals surface area contributed by atoms with E-state index in [-0.39, 0.29) is 24.7 Å². The molecule has 0 bridgehead atoms. The number of nitrogens with one attached hydrogen (secondary N) is 2. The molecule has 0 aliphatic heterocycles. The quantitative estimate of drug-likeness (QED) is 0.669. The minimum atomic E-state index is -0.0274. The van der Waals surface area contributed by atoms with Gasteiger partial charge in [0, 0.05) is 6.54 Å². The maximum absolute atomic E-state index is 11.9. The van der Waals surface area contributed by atoms with Crippen LogP contribution in [0, 0.1) is 0 Å². The summed E-state index contributed by atoms with van der Waals surface area (Å²) < 4.78 is 15.8. The van der Waals surface area contributed by atoms with E-state index in [0.717, 1.165) is 18.5 Å². The van der Waals surface area contributed by atoms with Gasteiger partial charge >= 0.3 is 0 Å². The van der Waals surface area contributed by atoms with Gasteiger partial charge in [-0.1, -0.05) is 0 Å². The number of rotatable bonds is 9. The minimum Gasteiger partial charge on any atom is -0.493 e. The summed E-state index contributed by atoms with van der Waals surface area (Å²) in [7, 11) is 6.55. The van der Waals surface area contributed by atoms with E-state index in [2.05, 4.69) is 10.6 Å². The highest BCUT2D eigenvalue weighted by Crippen LogP contribution is 2.38. The maximum atomic E-state index is 11.9. The molecule has 0 aliphatic rings. The van der Waals surface area contributed by atoms with Gasteiger partial charge in [-0.15, -0.1) is 12.4 Å². The molecule has 1 rings (SSSR count). The van der Waals surface area contributed by atoms with Crippen molar-refractivity contribution in [2.45, 2.75) is 12.8 Å². The summed E-state index contributed by atoms with van der Waals surface area (Å²) in [6.07, 6.45) is 1.17. The van der Waals surface area contributed by atoms with Gasteiger partial charge < -0.3 is 24.8 Å². The Morgan fingerprint density at radius 3 is 2.09 bits per heavy atom. The Kier molecular flexibility index (Phi) is 10.2. The Balaban J connectivity index is 0.00000441. The van der Waals surface area contributed by atoms with Gasteiger partial charge in [0.25, 0.3) is 0 Å². The van der Waals surface area contributed by atoms with Crippen LogP contribution in [0.4, 0.5) is 0 Å². The predicted octanol–water partition coefficient (Wildman–Crippen LogP) is 1.40. The molecule has 0 aromatic heterocycles. The lowest BCUT2D eigenvalue weighted by molar-refractivity contribution is -0.120. The van der Waals surface area contributed by atoms with Crippen molar-refractivity contribution in [1.29, 1.82) is 0 Å². The van der Waals surface area contributed by atoms with Crippen LogP contribution in [0.15, 0.2) is 12.1 Å². The summed E-state index contributed by atoms with van der Waals surface area (Å²) in [4.78, 5) is 11.9. The third-order valence-electron chi connectivity index (χ3n) is 3.01. The van der Waals surface area contributed by atoms with Gasteiger partial charge in [-0.05, 0) is 37.7 Å². The molecule has 0 saturated heterocycles. The second-order valence-corrected chi connectivity index (χ2v) is 4.52. The molecule has 1 aromatic carbocycles. The number of carbonyl (C=O) groups is 1. The fourth-order valence-corrected chi connectivity index (χ4v) is 1.98. The lowest BCUT2D eigenvalue weighted by Gasteiger charge is -2.14. The first-order chi connectivity index (χ1) is 10.2. The first-order valence-corrected chi connectivity index (χ1v) is 6.86. The van der Waals surface area contributed by atoms with Crippen LogP contribution in [-0.4, -0.2) is 47.4 Å². The molecule has 2 N–H and O–H groups in total. The fraction of sp³-hybridized carbons (Fsp3) is 0.533. The summed E-state index contributed by atoms with van der Waals surface area (Å²) in [5.74, 6) is 1.60. The third-order valence-corrected chi connectivity index (χ3v) is 3.01. The van der Waals surface area contributed by atoms with Crippen molar-refractivity contribution in [3.05, 3.63) is 17.7 Å². The Bertz CT molecular complexity index is 444. The first-order valence-electron chi connectivity index (χ1n) is 6.86. The summed E-state index contributed by atoms with van der Waals surface area (Å²) >= 11 is 0. The van der Waals surface area contributed by atoms with E-state index in [1.54, 1.807) is 33.5 Å². The van der Waals surface area contributed by atoms with Crippen molar-refractivity contribution < 1.29 is 19.0 Å². The number of hydrogen-bond donors (Lipinski definition) is 2. The average Bonchev–Trinajstić information content (AvgIpc) is 2.50. The van der Waals surface area contributed by atoms with Crippen molar-refractivity contribution in [3.63, 3.8) is 0 Å². The molecule has 6 nitrogen and oxygen atoms in total.